The van der Waals surface area contributed by atoms with Gasteiger partial charge in [0, 0.05) is 6.54 Å². The zero-order valence-corrected chi connectivity index (χ0v) is 17.2. The smallest absolute Gasteiger partial charge is 0.322 e. The molecule has 180 valence electrons. The summed E-state index contributed by atoms with van der Waals surface area (Å²) >= 11 is 0. The van der Waals surface area contributed by atoms with Gasteiger partial charge in [-0.25, -0.2) is 0 Å². The Bertz CT molecular complexity index is 752. The van der Waals surface area contributed by atoms with Crippen LogP contribution in [0.4, 0.5) is 0 Å². The number of guanidine groups is 1. The fourth-order valence-corrected chi connectivity index (χ4v) is 2.33. The lowest BCUT2D eigenvalue weighted by atomic mass is 10.1. The van der Waals surface area contributed by atoms with Crippen molar-refractivity contribution in [3.05, 3.63) is 0 Å². The maximum absolute atomic E-state index is 12.6. The van der Waals surface area contributed by atoms with Gasteiger partial charge in [0.05, 0.1) is 18.9 Å². The van der Waals surface area contributed by atoms with Crippen LogP contribution < -0.4 is 44.6 Å². The quantitative estimate of drug-likeness (QED) is 0.0634. The van der Waals surface area contributed by atoms with E-state index < -0.39 is 73.0 Å². The number of nitrogens with zero attached hydrogens (tertiary/aromatic N) is 1. The van der Waals surface area contributed by atoms with E-state index in [2.05, 4.69) is 20.9 Å². The van der Waals surface area contributed by atoms with E-state index >= 15 is 0 Å². The molecule has 32 heavy (non-hydrogen) atoms. The SMILES string of the molecule is NC(=O)CC(N)C(=O)NC(CC(N)=O)C(=O)NC(CCCN=C(N)N)C(=O)NCC(=O)O. The average Bonchev–Trinajstić information content (AvgIpc) is 2.66. The highest BCUT2D eigenvalue weighted by atomic mass is 16.4. The van der Waals surface area contributed by atoms with E-state index in [0.717, 1.165) is 0 Å². The molecule has 0 fully saturated rings. The summed E-state index contributed by atoms with van der Waals surface area (Å²) in [6.45, 7) is -0.590. The number of nitrogens with two attached hydrogens (primary N) is 5. The minimum absolute atomic E-state index is 0.00754. The van der Waals surface area contributed by atoms with Crippen molar-refractivity contribution in [2.24, 2.45) is 33.7 Å². The Kier molecular flexibility index (Phi) is 12.4. The lowest BCUT2D eigenvalue weighted by molar-refractivity contribution is -0.138. The Morgan fingerprint density at radius 1 is 0.812 bits per heavy atom. The average molecular weight is 459 g/mol. The standard InChI is InChI=1S/C16H29N9O7/c17-7(4-10(18)26)13(30)25-9(5-11(19)27)15(32)24-8(2-1-3-22-16(20)21)14(31)23-6-12(28)29/h7-9H,1-6,17H2,(H2,18,26)(H2,19,27)(H,23,31)(H,24,32)(H,25,30)(H,28,29)(H4,20,21,22). The normalized spacial score (nSPS) is 13.0. The van der Waals surface area contributed by atoms with Gasteiger partial charge in [-0.05, 0) is 12.8 Å². The van der Waals surface area contributed by atoms with Gasteiger partial charge in [0.15, 0.2) is 5.96 Å². The van der Waals surface area contributed by atoms with Gasteiger partial charge in [-0.3, -0.25) is 33.8 Å². The van der Waals surface area contributed by atoms with Crippen molar-refractivity contribution >= 4 is 41.5 Å². The molecule has 16 nitrogen and oxygen atoms in total. The number of carbonyl (C=O) groups excluding carboxylic acids is 5. The Morgan fingerprint density at radius 3 is 1.88 bits per heavy atom. The molecule has 0 spiro atoms. The first-order valence-corrected chi connectivity index (χ1v) is 9.31. The Hall–Kier alpha value is -3.95. The lowest BCUT2D eigenvalue weighted by Crippen LogP contribution is -2.57. The molecule has 0 aliphatic rings. The van der Waals surface area contributed by atoms with Crippen molar-refractivity contribution in [3.63, 3.8) is 0 Å². The number of carbonyl (C=O) groups is 6. The maximum Gasteiger partial charge on any atom is 0.322 e. The van der Waals surface area contributed by atoms with Crippen molar-refractivity contribution in [1.82, 2.24) is 16.0 Å². The molecule has 0 saturated heterocycles. The predicted octanol–water partition coefficient (Wildman–Crippen LogP) is -5.71. The number of aliphatic imine (C=N–C) groups is 1. The summed E-state index contributed by atoms with van der Waals surface area (Å²) in [5, 5.41) is 15.3. The number of primary amides is 2. The third-order valence-corrected chi connectivity index (χ3v) is 3.79. The van der Waals surface area contributed by atoms with Crippen LogP contribution in [0.2, 0.25) is 0 Å². The molecule has 0 radical (unpaired) electrons. The lowest BCUT2D eigenvalue weighted by Gasteiger charge is -2.23. The summed E-state index contributed by atoms with van der Waals surface area (Å²) in [7, 11) is 0. The number of hydrogen-bond donors (Lipinski definition) is 9. The Balaban J connectivity index is 5.35. The van der Waals surface area contributed by atoms with Crippen LogP contribution in [0.5, 0.6) is 0 Å². The first-order valence-electron chi connectivity index (χ1n) is 9.31. The summed E-state index contributed by atoms with van der Waals surface area (Å²) in [6.07, 6.45) is -0.938. The molecule has 16 heteroatoms. The molecule has 14 N–H and O–H groups in total. The molecule has 0 saturated carbocycles. The van der Waals surface area contributed by atoms with Crippen LogP contribution in [-0.4, -0.2) is 77.8 Å². The van der Waals surface area contributed by atoms with E-state index in [1.54, 1.807) is 0 Å². The number of nitrogens with one attached hydrogen (secondary N) is 3. The third kappa shape index (κ3) is 12.6. The summed E-state index contributed by atoms with van der Waals surface area (Å²) in [6, 6.07) is -4.15. The first-order chi connectivity index (χ1) is 14.8. The minimum Gasteiger partial charge on any atom is -0.480 e. The van der Waals surface area contributed by atoms with Gasteiger partial charge in [0.1, 0.15) is 18.6 Å². The second-order valence-corrected chi connectivity index (χ2v) is 6.63. The highest BCUT2D eigenvalue weighted by Crippen LogP contribution is 2.02. The number of aliphatic carboxylic acids is 1. The number of carboxylic acid groups (broad SMARTS) is 1. The van der Waals surface area contributed by atoms with Crippen LogP contribution in [0, 0.1) is 0 Å². The van der Waals surface area contributed by atoms with Gasteiger partial charge >= 0.3 is 5.97 Å². The molecular weight excluding hydrogens is 430 g/mol. The monoisotopic (exact) mass is 459 g/mol. The molecule has 0 rings (SSSR count). The maximum atomic E-state index is 12.6. The number of rotatable bonds is 15. The topological polar surface area (TPSA) is 301 Å². The van der Waals surface area contributed by atoms with Gasteiger partial charge in [-0.15, -0.1) is 0 Å². The molecule has 0 bridgehead atoms. The summed E-state index contributed by atoms with van der Waals surface area (Å²) in [5.41, 5.74) is 26.0. The second-order valence-electron chi connectivity index (χ2n) is 6.63. The van der Waals surface area contributed by atoms with Gasteiger partial charge in [-0.1, -0.05) is 0 Å². The Morgan fingerprint density at radius 2 is 1.38 bits per heavy atom. The van der Waals surface area contributed by atoms with Crippen molar-refractivity contribution in [1.29, 1.82) is 0 Å². The molecule has 5 amide bonds. The minimum atomic E-state index is -1.52. The molecule has 0 aromatic rings. The van der Waals surface area contributed by atoms with Crippen molar-refractivity contribution < 1.29 is 33.9 Å². The molecule has 3 atom stereocenters. The van der Waals surface area contributed by atoms with E-state index in [1.807, 2.05) is 0 Å². The van der Waals surface area contributed by atoms with Crippen LogP contribution in [0.25, 0.3) is 0 Å². The van der Waals surface area contributed by atoms with E-state index in [-0.39, 0.29) is 25.3 Å². The van der Waals surface area contributed by atoms with Crippen LogP contribution in [-0.2, 0) is 28.8 Å². The third-order valence-electron chi connectivity index (χ3n) is 3.79. The zero-order valence-electron chi connectivity index (χ0n) is 17.2. The van der Waals surface area contributed by atoms with Gasteiger partial charge in [0.2, 0.25) is 29.5 Å². The second kappa shape index (κ2) is 14.1. The summed E-state index contributed by atoms with van der Waals surface area (Å²) in [4.78, 5) is 73.6. The van der Waals surface area contributed by atoms with Gasteiger partial charge in [0.25, 0.3) is 0 Å². The predicted molar refractivity (Wildman–Crippen MR) is 110 cm³/mol. The number of amides is 5. The van der Waals surface area contributed by atoms with Gasteiger partial charge < -0.3 is 49.7 Å². The van der Waals surface area contributed by atoms with Crippen molar-refractivity contribution in [2.45, 2.75) is 43.8 Å². The molecule has 0 aliphatic heterocycles. The van der Waals surface area contributed by atoms with Crippen molar-refractivity contribution in [3.8, 4) is 0 Å². The fraction of sp³-hybridized carbons (Fsp3) is 0.562. The van der Waals surface area contributed by atoms with E-state index in [9.17, 15) is 28.8 Å². The molecule has 0 aliphatic carbocycles. The number of carboxylic acids is 1. The Labute approximate surface area is 182 Å². The van der Waals surface area contributed by atoms with Crippen LogP contribution in [0.1, 0.15) is 25.7 Å². The van der Waals surface area contributed by atoms with Crippen LogP contribution in [0.3, 0.4) is 0 Å². The molecule has 3 unspecified atom stereocenters. The van der Waals surface area contributed by atoms with Gasteiger partial charge in [-0.2, -0.15) is 0 Å². The van der Waals surface area contributed by atoms with Crippen molar-refractivity contribution in [2.75, 3.05) is 13.1 Å². The highest BCUT2D eigenvalue weighted by Gasteiger charge is 2.29. The van der Waals surface area contributed by atoms with Crippen LogP contribution >= 0.6 is 0 Å². The van der Waals surface area contributed by atoms with Crippen LogP contribution in [0.15, 0.2) is 4.99 Å². The zero-order chi connectivity index (χ0) is 24.8. The van der Waals surface area contributed by atoms with E-state index in [0.29, 0.717) is 0 Å². The molecule has 0 aromatic carbocycles. The molecule has 0 aromatic heterocycles. The largest absolute Gasteiger partial charge is 0.480 e. The highest BCUT2D eigenvalue weighted by molar-refractivity contribution is 5.96. The van der Waals surface area contributed by atoms with E-state index in [1.165, 1.54) is 0 Å². The fourth-order valence-electron chi connectivity index (χ4n) is 2.33. The molecule has 0 heterocycles. The first kappa shape index (κ1) is 28.1. The summed E-state index contributed by atoms with van der Waals surface area (Å²) in [5.74, 6) is -6.07. The number of hydrogen-bond acceptors (Lipinski definition) is 8. The molecular formula is C16H29N9O7. The van der Waals surface area contributed by atoms with E-state index in [4.69, 9.17) is 33.8 Å². The summed E-state index contributed by atoms with van der Waals surface area (Å²) < 4.78 is 0.